The van der Waals surface area contributed by atoms with Gasteiger partial charge in [0.25, 0.3) is 5.91 Å². The third-order valence-electron chi connectivity index (χ3n) is 4.77. The molecule has 0 radical (unpaired) electrons. The Hall–Kier alpha value is -3.06. The molecule has 0 saturated heterocycles. The SMILES string of the molecule is CCn1ccc(C(=O)N(Cc2ccccn2)c2nc3c(C(C)C)cccc3s2)n1. The topological polar surface area (TPSA) is 63.9 Å². The summed E-state index contributed by atoms with van der Waals surface area (Å²) in [4.78, 5) is 24.3. The molecular formula is C22H23N5OS. The van der Waals surface area contributed by atoms with Gasteiger partial charge in [0, 0.05) is 18.9 Å². The van der Waals surface area contributed by atoms with E-state index in [4.69, 9.17) is 4.98 Å². The highest BCUT2D eigenvalue weighted by molar-refractivity contribution is 7.22. The summed E-state index contributed by atoms with van der Waals surface area (Å²) in [6.45, 7) is 7.36. The summed E-state index contributed by atoms with van der Waals surface area (Å²) in [7, 11) is 0. The van der Waals surface area contributed by atoms with E-state index in [0.29, 0.717) is 29.8 Å². The Morgan fingerprint density at radius 1 is 1.17 bits per heavy atom. The highest BCUT2D eigenvalue weighted by atomic mass is 32.1. The lowest BCUT2D eigenvalue weighted by molar-refractivity contribution is 0.0979. The first-order chi connectivity index (χ1) is 14.1. The molecule has 0 bridgehead atoms. The maximum atomic E-state index is 13.4. The second kappa shape index (κ2) is 8.13. The van der Waals surface area contributed by atoms with Gasteiger partial charge in [0.05, 0.1) is 22.5 Å². The Kier molecular flexibility index (Phi) is 5.40. The number of anilines is 1. The number of carbonyl (C=O) groups excluding carboxylic acids is 1. The van der Waals surface area contributed by atoms with Crippen LogP contribution in [0.5, 0.6) is 0 Å². The third-order valence-corrected chi connectivity index (χ3v) is 5.81. The number of hydrogen-bond acceptors (Lipinski definition) is 5. The van der Waals surface area contributed by atoms with Crippen LogP contribution in [0.25, 0.3) is 10.2 Å². The molecule has 0 atom stereocenters. The van der Waals surface area contributed by atoms with Crippen molar-refractivity contribution in [2.75, 3.05) is 4.90 Å². The number of fused-ring (bicyclic) bond motifs is 1. The van der Waals surface area contributed by atoms with Gasteiger partial charge >= 0.3 is 0 Å². The molecule has 0 saturated carbocycles. The van der Waals surface area contributed by atoms with Crippen LogP contribution in [0.3, 0.4) is 0 Å². The number of aryl methyl sites for hydroxylation is 1. The molecule has 0 aliphatic heterocycles. The van der Waals surface area contributed by atoms with E-state index in [9.17, 15) is 4.79 Å². The minimum Gasteiger partial charge on any atom is -0.276 e. The van der Waals surface area contributed by atoms with Gasteiger partial charge in [-0.3, -0.25) is 19.4 Å². The zero-order chi connectivity index (χ0) is 20.4. The minimum atomic E-state index is -0.173. The van der Waals surface area contributed by atoms with Crippen molar-refractivity contribution >= 4 is 32.6 Å². The molecule has 1 amide bonds. The number of para-hydroxylation sites is 1. The van der Waals surface area contributed by atoms with Crippen LogP contribution in [0.1, 0.15) is 48.4 Å². The Bertz CT molecular complexity index is 1130. The van der Waals surface area contributed by atoms with E-state index in [0.717, 1.165) is 15.9 Å². The van der Waals surface area contributed by atoms with Crippen molar-refractivity contribution in [2.45, 2.75) is 39.8 Å². The van der Waals surface area contributed by atoms with E-state index >= 15 is 0 Å². The Labute approximate surface area is 173 Å². The predicted octanol–water partition coefficient (Wildman–Crippen LogP) is 4.88. The van der Waals surface area contributed by atoms with Crippen molar-refractivity contribution < 1.29 is 4.79 Å². The van der Waals surface area contributed by atoms with E-state index in [1.54, 1.807) is 21.8 Å². The Morgan fingerprint density at radius 2 is 2.03 bits per heavy atom. The molecule has 0 aliphatic rings. The van der Waals surface area contributed by atoms with Crippen LogP contribution in [0.2, 0.25) is 0 Å². The van der Waals surface area contributed by atoms with Crippen molar-refractivity contribution in [2.24, 2.45) is 0 Å². The van der Waals surface area contributed by atoms with E-state index in [1.165, 1.54) is 16.9 Å². The molecule has 6 nitrogen and oxygen atoms in total. The van der Waals surface area contributed by atoms with Crippen LogP contribution in [0, 0.1) is 0 Å². The second-order valence-corrected chi connectivity index (χ2v) is 8.12. The number of rotatable bonds is 6. The number of hydrogen-bond donors (Lipinski definition) is 0. The molecule has 0 unspecified atom stereocenters. The number of benzene rings is 1. The molecule has 0 aliphatic carbocycles. The summed E-state index contributed by atoms with van der Waals surface area (Å²) in [5, 5.41) is 5.06. The maximum absolute atomic E-state index is 13.4. The summed E-state index contributed by atoms with van der Waals surface area (Å²) in [5.74, 6) is 0.182. The van der Waals surface area contributed by atoms with Crippen molar-refractivity contribution in [1.82, 2.24) is 19.7 Å². The standard InChI is InChI=1S/C22H23N5OS/c1-4-26-13-11-18(25-26)21(28)27(14-16-8-5-6-12-23-16)22-24-20-17(15(2)3)9-7-10-19(20)29-22/h5-13,15H,4,14H2,1-3H3. The number of nitrogens with zero attached hydrogens (tertiary/aromatic N) is 5. The zero-order valence-electron chi connectivity index (χ0n) is 16.7. The molecule has 0 spiro atoms. The van der Waals surface area contributed by atoms with Crippen LogP contribution in [0.15, 0.2) is 54.9 Å². The second-order valence-electron chi connectivity index (χ2n) is 7.11. The van der Waals surface area contributed by atoms with Crippen LogP contribution >= 0.6 is 11.3 Å². The number of carbonyl (C=O) groups is 1. The van der Waals surface area contributed by atoms with Crippen molar-refractivity contribution in [3.63, 3.8) is 0 Å². The monoisotopic (exact) mass is 405 g/mol. The number of aromatic nitrogens is 4. The first kappa shape index (κ1) is 19.3. The lowest BCUT2D eigenvalue weighted by Gasteiger charge is -2.18. The van der Waals surface area contributed by atoms with Crippen LogP contribution in [0.4, 0.5) is 5.13 Å². The highest BCUT2D eigenvalue weighted by Crippen LogP contribution is 2.34. The predicted molar refractivity (Wildman–Crippen MR) is 116 cm³/mol. The van der Waals surface area contributed by atoms with Crippen LogP contribution in [-0.4, -0.2) is 25.7 Å². The molecular weight excluding hydrogens is 382 g/mol. The van der Waals surface area contributed by atoms with Gasteiger partial charge in [-0.1, -0.05) is 43.4 Å². The van der Waals surface area contributed by atoms with Gasteiger partial charge in [-0.25, -0.2) is 4.98 Å². The van der Waals surface area contributed by atoms with Gasteiger partial charge in [-0.15, -0.1) is 0 Å². The Morgan fingerprint density at radius 3 is 2.72 bits per heavy atom. The van der Waals surface area contributed by atoms with Gasteiger partial charge in [0.1, 0.15) is 0 Å². The van der Waals surface area contributed by atoms with Gasteiger partial charge in [-0.05, 0) is 42.7 Å². The molecule has 1 aromatic carbocycles. The molecule has 7 heteroatoms. The number of pyridine rings is 1. The van der Waals surface area contributed by atoms with E-state index in [2.05, 4.69) is 36.1 Å². The van der Waals surface area contributed by atoms with Crippen molar-refractivity contribution in [3.05, 3.63) is 71.8 Å². The smallest absolute Gasteiger partial charge is 0.276 e. The molecule has 0 fully saturated rings. The van der Waals surface area contributed by atoms with Crippen LogP contribution in [-0.2, 0) is 13.1 Å². The first-order valence-electron chi connectivity index (χ1n) is 9.71. The fourth-order valence-corrected chi connectivity index (χ4v) is 4.21. The number of thiazole rings is 1. The average Bonchev–Trinajstić information content (AvgIpc) is 3.38. The summed E-state index contributed by atoms with van der Waals surface area (Å²) >= 11 is 1.52. The summed E-state index contributed by atoms with van der Waals surface area (Å²) < 4.78 is 2.82. The first-order valence-corrected chi connectivity index (χ1v) is 10.5. The quantitative estimate of drug-likeness (QED) is 0.459. The van der Waals surface area contributed by atoms with Crippen molar-refractivity contribution in [1.29, 1.82) is 0 Å². The fourth-order valence-electron chi connectivity index (χ4n) is 3.21. The van der Waals surface area contributed by atoms with Gasteiger partial charge in [0.2, 0.25) is 0 Å². The van der Waals surface area contributed by atoms with E-state index in [1.807, 2.05) is 37.4 Å². The molecule has 29 heavy (non-hydrogen) atoms. The Balaban J connectivity index is 1.78. The molecule has 3 aromatic heterocycles. The van der Waals surface area contributed by atoms with Crippen molar-refractivity contribution in [3.8, 4) is 0 Å². The van der Waals surface area contributed by atoms with Gasteiger partial charge in [-0.2, -0.15) is 5.10 Å². The number of amides is 1. The third kappa shape index (κ3) is 3.91. The highest BCUT2D eigenvalue weighted by Gasteiger charge is 2.24. The van der Waals surface area contributed by atoms with Crippen LogP contribution < -0.4 is 4.90 Å². The molecule has 0 N–H and O–H groups in total. The summed E-state index contributed by atoms with van der Waals surface area (Å²) in [6.07, 6.45) is 3.56. The van der Waals surface area contributed by atoms with Gasteiger partial charge < -0.3 is 0 Å². The molecule has 4 rings (SSSR count). The lowest BCUT2D eigenvalue weighted by atomic mass is 10.0. The van der Waals surface area contributed by atoms with Gasteiger partial charge in [0.15, 0.2) is 10.8 Å². The largest absolute Gasteiger partial charge is 0.280 e. The normalized spacial score (nSPS) is 11.3. The average molecular weight is 406 g/mol. The zero-order valence-corrected chi connectivity index (χ0v) is 17.6. The summed E-state index contributed by atoms with van der Waals surface area (Å²) in [5.41, 5.74) is 3.36. The van der Waals surface area contributed by atoms with E-state index < -0.39 is 0 Å². The minimum absolute atomic E-state index is 0.173. The molecule has 148 valence electrons. The summed E-state index contributed by atoms with van der Waals surface area (Å²) in [6, 6.07) is 13.7. The fraction of sp³-hybridized carbons (Fsp3) is 0.273. The lowest BCUT2D eigenvalue weighted by Crippen LogP contribution is -2.31. The van der Waals surface area contributed by atoms with E-state index in [-0.39, 0.29) is 5.91 Å². The molecule has 4 aromatic rings. The molecule has 3 heterocycles. The maximum Gasteiger partial charge on any atom is 0.280 e.